The summed E-state index contributed by atoms with van der Waals surface area (Å²) in [6.07, 6.45) is 3.51. The van der Waals surface area contributed by atoms with Crippen LogP contribution in [-0.4, -0.2) is 49.1 Å². The lowest BCUT2D eigenvalue weighted by Gasteiger charge is -2.22. The number of pyridine rings is 1. The van der Waals surface area contributed by atoms with Crippen LogP contribution in [0.15, 0.2) is 24.5 Å². The maximum atomic E-state index is 12.2. The number of nitrogens with one attached hydrogen (secondary N) is 1. The van der Waals surface area contributed by atoms with Crippen LogP contribution in [0.25, 0.3) is 0 Å². The molecule has 18 heavy (non-hydrogen) atoms. The van der Waals surface area contributed by atoms with Crippen LogP contribution in [0.3, 0.4) is 0 Å². The third kappa shape index (κ3) is 3.51. The molecule has 1 aliphatic heterocycles. The quantitative estimate of drug-likeness (QED) is 0.836. The van der Waals surface area contributed by atoms with E-state index in [1.54, 1.807) is 17.3 Å². The number of aromatic nitrogens is 1. The lowest BCUT2D eigenvalue weighted by Crippen LogP contribution is -2.38. The van der Waals surface area contributed by atoms with E-state index in [1.807, 2.05) is 19.2 Å². The number of rotatable bonds is 3. The molecular weight excluding hydrogens is 230 g/mol. The van der Waals surface area contributed by atoms with Crippen molar-refractivity contribution >= 4 is 5.91 Å². The molecule has 0 aromatic carbocycles. The van der Waals surface area contributed by atoms with E-state index < -0.39 is 0 Å². The third-order valence-electron chi connectivity index (χ3n) is 3.00. The van der Waals surface area contributed by atoms with Gasteiger partial charge in [-0.3, -0.25) is 9.78 Å². The van der Waals surface area contributed by atoms with Crippen LogP contribution in [0.2, 0.25) is 0 Å². The van der Waals surface area contributed by atoms with Gasteiger partial charge in [-0.1, -0.05) is 6.07 Å². The van der Waals surface area contributed by atoms with Crippen molar-refractivity contribution in [2.75, 3.05) is 33.4 Å². The van der Waals surface area contributed by atoms with Crippen molar-refractivity contribution in [3.8, 4) is 0 Å². The average Bonchev–Trinajstić information content (AvgIpc) is 2.68. The fraction of sp³-hybridized carbons (Fsp3) is 0.538. The molecule has 1 aromatic rings. The first-order chi connectivity index (χ1) is 8.77. The SMILES string of the molecule is CN(Cc1cccnc1)C(=O)C1CNCCOC1. The van der Waals surface area contributed by atoms with Crippen molar-refractivity contribution in [2.45, 2.75) is 6.54 Å². The molecule has 0 saturated carbocycles. The summed E-state index contributed by atoms with van der Waals surface area (Å²) < 4.78 is 5.41. The highest BCUT2D eigenvalue weighted by molar-refractivity contribution is 5.79. The van der Waals surface area contributed by atoms with Gasteiger partial charge in [0.15, 0.2) is 0 Å². The van der Waals surface area contributed by atoms with E-state index in [1.165, 1.54) is 0 Å². The lowest BCUT2D eigenvalue weighted by molar-refractivity contribution is -0.136. The molecule has 5 heteroatoms. The van der Waals surface area contributed by atoms with Gasteiger partial charge in [0.2, 0.25) is 5.91 Å². The van der Waals surface area contributed by atoms with E-state index in [0.29, 0.717) is 26.3 Å². The van der Waals surface area contributed by atoms with Gasteiger partial charge in [0.05, 0.1) is 19.1 Å². The highest BCUT2D eigenvalue weighted by Crippen LogP contribution is 2.08. The fourth-order valence-corrected chi connectivity index (χ4v) is 2.02. The molecule has 2 rings (SSSR count). The minimum atomic E-state index is -0.0887. The summed E-state index contributed by atoms with van der Waals surface area (Å²) >= 11 is 0. The zero-order chi connectivity index (χ0) is 12.8. The molecular formula is C13H19N3O2. The first kappa shape index (κ1) is 13.0. The third-order valence-corrected chi connectivity index (χ3v) is 3.00. The number of hydrogen-bond donors (Lipinski definition) is 1. The van der Waals surface area contributed by atoms with Crippen LogP contribution in [0, 0.1) is 5.92 Å². The standard InChI is InChI=1S/C13H19N3O2/c1-16(9-11-3-2-4-14-7-11)13(17)12-8-15-5-6-18-10-12/h2-4,7,12,15H,5-6,8-10H2,1H3. The molecule has 0 aliphatic carbocycles. The van der Waals surface area contributed by atoms with Crippen molar-refractivity contribution in [1.82, 2.24) is 15.2 Å². The van der Waals surface area contributed by atoms with Gasteiger partial charge < -0.3 is 15.0 Å². The maximum Gasteiger partial charge on any atom is 0.229 e. The molecule has 0 spiro atoms. The molecule has 1 atom stereocenters. The summed E-state index contributed by atoms with van der Waals surface area (Å²) in [7, 11) is 1.82. The number of amides is 1. The lowest BCUT2D eigenvalue weighted by atomic mass is 10.1. The van der Waals surface area contributed by atoms with Crippen LogP contribution in [0.4, 0.5) is 0 Å². The second kappa shape index (κ2) is 6.47. The van der Waals surface area contributed by atoms with Crippen molar-refractivity contribution in [3.63, 3.8) is 0 Å². The Morgan fingerprint density at radius 1 is 1.67 bits per heavy atom. The van der Waals surface area contributed by atoms with Crippen molar-refractivity contribution in [3.05, 3.63) is 30.1 Å². The summed E-state index contributed by atoms with van der Waals surface area (Å²) in [6.45, 7) is 3.27. The second-order valence-electron chi connectivity index (χ2n) is 4.53. The number of hydrogen-bond acceptors (Lipinski definition) is 4. The Balaban J connectivity index is 1.91. The average molecular weight is 249 g/mol. The van der Waals surface area contributed by atoms with E-state index in [9.17, 15) is 4.79 Å². The summed E-state index contributed by atoms with van der Waals surface area (Å²) in [5.74, 6) is 0.0300. The van der Waals surface area contributed by atoms with Gasteiger partial charge in [-0.2, -0.15) is 0 Å². The van der Waals surface area contributed by atoms with Crippen LogP contribution in [0.1, 0.15) is 5.56 Å². The molecule has 2 heterocycles. The molecule has 1 saturated heterocycles. The summed E-state index contributed by atoms with van der Waals surface area (Å²) in [5.41, 5.74) is 1.04. The van der Waals surface area contributed by atoms with Gasteiger partial charge in [-0.25, -0.2) is 0 Å². The Morgan fingerprint density at radius 2 is 2.56 bits per heavy atom. The Kier molecular flexibility index (Phi) is 4.66. The molecule has 0 bridgehead atoms. The van der Waals surface area contributed by atoms with Gasteiger partial charge in [-0.15, -0.1) is 0 Å². The molecule has 0 radical (unpaired) electrons. The summed E-state index contributed by atoms with van der Waals surface area (Å²) in [4.78, 5) is 18.0. The number of ether oxygens (including phenoxy) is 1. The van der Waals surface area contributed by atoms with Crippen molar-refractivity contribution < 1.29 is 9.53 Å². The van der Waals surface area contributed by atoms with Crippen LogP contribution in [0.5, 0.6) is 0 Å². The molecule has 5 nitrogen and oxygen atoms in total. The van der Waals surface area contributed by atoms with E-state index in [4.69, 9.17) is 4.74 Å². The molecule has 1 amide bonds. The molecule has 1 fully saturated rings. The van der Waals surface area contributed by atoms with E-state index >= 15 is 0 Å². The van der Waals surface area contributed by atoms with E-state index in [0.717, 1.165) is 12.1 Å². The number of carbonyl (C=O) groups is 1. The Labute approximate surface area is 107 Å². The first-order valence-corrected chi connectivity index (χ1v) is 6.19. The molecule has 1 unspecified atom stereocenters. The minimum absolute atomic E-state index is 0.0887. The van der Waals surface area contributed by atoms with Gasteiger partial charge in [0, 0.05) is 39.1 Å². The topological polar surface area (TPSA) is 54.5 Å². The van der Waals surface area contributed by atoms with Gasteiger partial charge in [0.25, 0.3) is 0 Å². The minimum Gasteiger partial charge on any atom is -0.379 e. The van der Waals surface area contributed by atoms with Crippen LogP contribution < -0.4 is 5.32 Å². The van der Waals surface area contributed by atoms with Gasteiger partial charge in [-0.05, 0) is 11.6 Å². The van der Waals surface area contributed by atoms with Crippen LogP contribution in [-0.2, 0) is 16.1 Å². The predicted octanol–water partition coefficient (Wildman–Crippen LogP) is 0.276. The van der Waals surface area contributed by atoms with Gasteiger partial charge >= 0.3 is 0 Å². The second-order valence-corrected chi connectivity index (χ2v) is 4.53. The normalized spacial score (nSPS) is 20.2. The molecule has 1 aromatic heterocycles. The largest absolute Gasteiger partial charge is 0.379 e. The Bertz CT molecular complexity index is 375. The van der Waals surface area contributed by atoms with Crippen molar-refractivity contribution in [1.29, 1.82) is 0 Å². The zero-order valence-corrected chi connectivity index (χ0v) is 10.6. The van der Waals surface area contributed by atoms with Crippen molar-refractivity contribution in [2.24, 2.45) is 5.92 Å². The zero-order valence-electron chi connectivity index (χ0n) is 10.6. The monoisotopic (exact) mass is 249 g/mol. The van der Waals surface area contributed by atoms with Gasteiger partial charge in [0.1, 0.15) is 0 Å². The number of nitrogens with zero attached hydrogens (tertiary/aromatic N) is 2. The fourth-order valence-electron chi connectivity index (χ4n) is 2.02. The first-order valence-electron chi connectivity index (χ1n) is 6.19. The summed E-state index contributed by atoms with van der Waals surface area (Å²) in [5, 5.41) is 3.21. The van der Waals surface area contributed by atoms with E-state index in [2.05, 4.69) is 10.3 Å². The molecule has 1 N–H and O–H groups in total. The highest BCUT2D eigenvalue weighted by atomic mass is 16.5. The highest BCUT2D eigenvalue weighted by Gasteiger charge is 2.23. The Hall–Kier alpha value is -1.46. The molecule has 1 aliphatic rings. The smallest absolute Gasteiger partial charge is 0.229 e. The van der Waals surface area contributed by atoms with E-state index in [-0.39, 0.29) is 11.8 Å². The number of carbonyl (C=O) groups excluding carboxylic acids is 1. The van der Waals surface area contributed by atoms with Crippen LogP contribution >= 0.6 is 0 Å². The summed E-state index contributed by atoms with van der Waals surface area (Å²) in [6, 6.07) is 3.85. The molecule has 98 valence electrons. The Morgan fingerprint density at radius 3 is 3.33 bits per heavy atom. The predicted molar refractivity (Wildman–Crippen MR) is 67.9 cm³/mol. The maximum absolute atomic E-state index is 12.2.